The van der Waals surface area contributed by atoms with Crippen LogP contribution in [0.15, 0.2) is 72.9 Å². The van der Waals surface area contributed by atoms with Crippen LogP contribution in [0.2, 0.25) is 0 Å². The highest BCUT2D eigenvalue weighted by Gasteiger charge is 2.41. The lowest BCUT2D eigenvalue weighted by Gasteiger charge is -2.37. The van der Waals surface area contributed by atoms with Crippen molar-refractivity contribution in [3.63, 3.8) is 0 Å². The molecule has 16 nitrogen and oxygen atoms in total. The number of likely N-dealkylation sites (N-methyl/N-ethyl adjacent to an activating group) is 1. The van der Waals surface area contributed by atoms with Gasteiger partial charge in [-0.25, -0.2) is 5.43 Å². The number of ether oxygens (including phenoxy) is 3. The summed E-state index contributed by atoms with van der Waals surface area (Å²) in [6.07, 6.45) is 3.22. The largest absolute Gasteiger partial charge is 0.464 e. The van der Waals surface area contributed by atoms with Gasteiger partial charge in [-0.1, -0.05) is 70.5 Å². The zero-order chi connectivity index (χ0) is 52.1. The number of nitrogens with one attached hydrogen (secondary N) is 2. The Bertz CT molecular complexity index is 2800. The van der Waals surface area contributed by atoms with E-state index in [-0.39, 0.29) is 50.0 Å². The van der Waals surface area contributed by atoms with Gasteiger partial charge in [-0.3, -0.25) is 38.9 Å². The van der Waals surface area contributed by atoms with E-state index in [1.807, 2.05) is 39.0 Å². The molecule has 2 aromatic carbocycles. The second-order valence-electron chi connectivity index (χ2n) is 21.1. The Hall–Kier alpha value is -6.38. The van der Waals surface area contributed by atoms with Crippen LogP contribution in [0.1, 0.15) is 77.3 Å². The van der Waals surface area contributed by atoms with Crippen LogP contribution in [0.5, 0.6) is 0 Å². The highest BCUT2D eigenvalue weighted by molar-refractivity contribution is 5.97. The van der Waals surface area contributed by atoms with Gasteiger partial charge < -0.3 is 33.9 Å². The van der Waals surface area contributed by atoms with E-state index in [1.54, 1.807) is 20.4 Å². The van der Waals surface area contributed by atoms with Gasteiger partial charge in [-0.05, 0) is 97.0 Å². The van der Waals surface area contributed by atoms with E-state index in [0.29, 0.717) is 57.7 Å². The van der Waals surface area contributed by atoms with Crippen LogP contribution in [0.4, 0.5) is 0 Å². The lowest BCUT2D eigenvalue weighted by molar-refractivity contribution is -0.155. The maximum Gasteiger partial charge on any atom is 0.324 e. The third-order valence-corrected chi connectivity index (χ3v) is 14.8. The molecule has 4 aromatic rings. The number of benzene rings is 2. The van der Waals surface area contributed by atoms with Gasteiger partial charge in [0.15, 0.2) is 0 Å². The SMILES string of the molecule is C=C1CN(C(=O)C#CCN2CCOCC2)C[C@H]1C(=O)N(C)[C@H](C(=O)NC1Cc2cccc(c2)-c2ccc3c(c2)c(c(-c2cccnc2[C@H](C)OC)n3CC)CC(C)(C)COC(=O)[C@@H]2CCCN(N2)C1=O)C(C)C. The number of morpholine rings is 1. The average Bonchev–Trinajstić information content (AvgIpc) is 3.93. The molecule has 0 saturated carbocycles. The van der Waals surface area contributed by atoms with Gasteiger partial charge in [0.2, 0.25) is 11.8 Å². The predicted octanol–water partition coefficient (Wildman–Crippen LogP) is 5.58. The standard InChI is InChI=1S/C57H72N8O8/c1-10-64-48-21-20-41-31-43(48)44(52(64)42-17-12-22-58-50(42)38(5)71-9)32-57(6,7)35-73-56(70)46-18-13-24-65(60-46)55(69)47(30-39-15-11-16-40(41)29-39)59-53(67)51(36(2)3)61(8)54(68)45-34-63(33-37(45)4)49(66)19-14-23-62-25-27-72-28-26-62/h11-12,15-17,20-22,29,31,36,38,45-47,51,60H,4,10,13,18,23-28,30,32-35H2,1-3,5-9H3,(H,59,67)/t38-,45+,46-,47?,51-/m0/s1. The number of pyridine rings is 1. The minimum atomic E-state index is -1.09. The van der Waals surface area contributed by atoms with Crippen LogP contribution in [0.25, 0.3) is 33.3 Å². The third kappa shape index (κ3) is 11.7. The van der Waals surface area contributed by atoms with E-state index in [1.165, 1.54) is 14.8 Å². The second-order valence-corrected chi connectivity index (χ2v) is 21.1. The lowest BCUT2D eigenvalue weighted by Crippen LogP contribution is -2.62. The number of carbonyl (C=O) groups excluding carboxylic acids is 5. The van der Waals surface area contributed by atoms with Gasteiger partial charge in [-0.2, -0.15) is 0 Å². The molecule has 8 rings (SSSR count). The number of rotatable bonds is 10. The number of amides is 4. The van der Waals surface area contributed by atoms with Crippen molar-refractivity contribution in [1.82, 2.24) is 40.0 Å². The third-order valence-electron chi connectivity index (χ3n) is 14.8. The van der Waals surface area contributed by atoms with E-state index in [9.17, 15) is 24.0 Å². The van der Waals surface area contributed by atoms with Crippen LogP contribution in [0, 0.1) is 29.1 Å². The molecule has 4 aliphatic rings. The Balaban J connectivity index is 1.11. The maximum absolute atomic E-state index is 14.8. The monoisotopic (exact) mass is 997 g/mol. The van der Waals surface area contributed by atoms with Gasteiger partial charge in [0.25, 0.3) is 11.8 Å². The Morgan fingerprint density at radius 2 is 1.81 bits per heavy atom. The molecule has 5 atom stereocenters. The quantitative estimate of drug-likeness (QED) is 0.116. The van der Waals surface area contributed by atoms with E-state index in [0.717, 1.165) is 63.2 Å². The molecule has 1 unspecified atom stereocenters. The molecule has 4 aliphatic heterocycles. The molecule has 0 spiro atoms. The van der Waals surface area contributed by atoms with Gasteiger partial charge in [0.1, 0.15) is 18.1 Å². The molecule has 3 saturated heterocycles. The fourth-order valence-corrected chi connectivity index (χ4v) is 10.8. The van der Waals surface area contributed by atoms with Crippen LogP contribution >= 0.6 is 0 Å². The van der Waals surface area contributed by atoms with E-state index >= 15 is 0 Å². The number of aromatic nitrogens is 2. The zero-order valence-corrected chi connectivity index (χ0v) is 43.8. The summed E-state index contributed by atoms with van der Waals surface area (Å²) in [5.41, 5.74) is 11.0. The zero-order valence-electron chi connectivity index (χ0n) is 43.8. The molecule has 3 fully saturated rings. The number of hydrogen-bond donors (Lipinski definition) is 2. The van der Waals surface area contributed by atoms with E-state index < -0.39 is 47.2 Å². The summed E-state index contributed by atoms with van der Waals surface area (Å²) >= 11 is 0. The number of hydrogen-bond acceptors (Lipinski definition) is 11. The van der Waals surface area contributed by atoms with Crippen molar-refractivity contribution in [1.29, 1.82) is 0 Å². The van der Waals surface area contributed by atoms with Crippen molar-refractivity contribution in [2.45, 2.75) is 98.0 Å². The van der Waals surface area contributed by atoms with Gasteiger partial charge >= 0.3 is 5.97 Å². The summed E-state index contributed by atoms with van der Waals surface area (Å²) in [5, 5.41) is 5.57. The molecule has 2 aromatic heterocycles. The van der Waals surface area contributed by atoms with Crippen molar-refractivity contribution >= 4 is 40.5 Å². The van der Waals surface area contributed by atoms with Gasteiger partial charge in [0, 0.05) is 87.9 Å². The molecule has 6 heterocycles. The van der Waals surface area contributed by atoms with Crippen LogP contribution < -0.4 is 10.7 Å². The molecule has 16 heteroatoms. The lowest BCUT2D eigenvalue weighted by atomic mass is 9.84. The number of methoxy groups -OCH3 is 1. The first-order valence-corrected chi connectivity index (χ1v) is 25.8. The van der Waals surface area contributed by atoms with Gasteiger partial charge in [-0.15, -0.1) is 0 Å². The summed E-state index contributed by atoms with van der Waals surface area (Å²) in [4.78, 5) is 81.0. The fraction of sp³-hybridized carbons (Fsp3) is 0.509. The first-order valence-electron chi connectivity index (χ1n) is 25.8. The van der Waals surface area contributed by atoms with Crippen LogP contribution in [-0.4, -0.2) is 150 Å². The second kappa shape index (κ2) is 22.8. The molecular weight excluding hydrogens is 925 g/mol. The van der Waals surface area contributed by atoms with E-state index in [4.69, 9.17) is 19.2 Å². The topological polar surface area (TPSA) is 168 Å². The summed E-state index contributed by atoms with van der Waals surface area (Å²) < 4.78 is 19.7. The average molecular weight is 997 g/mol. The summed E-state index contributed by atoms with van der Waals surface area (Å²) in [7, 11) is 3.27. The van der Waals surface area contributed by atoms with Crippen LogP contribution in [-0.2, 0) is 57.6 Å². The fourth-order valence-electron chi connectivity index (χ4n) is 10.8. The van der Waals surface area contributed by atoms with E-state index in [2.05, 4.69) is 95.8 Å². The number of esters is 1. The highest BCUT2D eigenvalue weighted by Crippen LogP contribution is 2.42. The molecule has 388 valence electrons. The molecule has 6 bridgehead atoms. The number of cyclic esters (lactones) is 1. The Labute approximate surface area is 429 Å². The normalized spacial score (nSPS) is 21.5. The number of carbonyl (C=O) groups is 5. The van der Waals surface area contributed by atoms with Gasteiger partial charge in [0.05, 0.1) is 49.8 Å². The number of fused-ring (bicyclic) bond motifs is 6. The summed E-state index contributed by atoms with van der Waals surface area (Å²) in [6, 6.07) is 15.7. The number of hydrazine groups is 1. The van der Waals surface area contributed by atoms with Crippen LogP contribution in [0.3, 0.4) is 0 Å². The van der Waals surface area contributed by atoms with Crippen molar-refractivity contribution in [2.24, 2.45) is 17.3 Å². The Morgan fingerprint density at radius 3 is 2.55 bits per heavy atom. The predicted molar refractivity (Wildman–Crippen MR) is 279 cm³/mol. The molecule has 4 amide bonds. The van der Waals surface area contributed by atoms with Crippen molar-refractivity contribution < 1.29 is 38.2 Å². The number of aryl methyl sites for hydroxylation is 1. The maximum atomic E-state index is 14.8. The highest BCUT2D eigenvalue weighted by atomic mass is 16.5. The number of likely N-dealkylation sites (tertiary alicyclic amines) is 1. The molecule has 73 heavy (non-hydrogen) atoms. The van der Waals surface area contributed by atoms with Crippen molar-refractivity contribution in [2.75, 3.05) is 73.2 Å². The first-order chi connectivity index (χ1) is 35.0. The smallest absolute Gasteiger partial charge is 0.324 e. The van der Waals surface area contributed by atoms with Crippen molar-refractivity contribution in [3.05, 3.63) is 89.8 Å². The first kappa shape index (κ1) is 52.9. The summed E-state index contributed by atoms with van der Waals surface area (Å²) in [5.74, 6) is 2.48. The van der Waals surface area contributed by atoms with Crippen molar-refractivity contribution in [3.8, 4) is 34.2 Å². The summed E-state index contributed by atoms with van der Waals surface area (Å²) in [6.45, 7) is 20.8. The Morgan fingerprint density at radius 1 is 1.04 bits per heavy atom. The number of nitrogens with zero attached hydrogens (tertiary/aromatic N) is 6. The Kier molecular flexibility index (Phi) is 16.5. The molecular formula is C57H72N8O8. The molecule has 0 aliphatic carbocycles. The molecule has 0 radical (unpaired) electrons. The minimum Gasteiger partial charge on any atom is -0.464 e. The minimum absolute atomic E-state index is 0.0949. The molecule has 2 N–H and O–H groups in total.